The van der Waals surface area contributed by atoms with E-state index in [0.29, 0.717) is 40.1 Å². The van der Waals surface area contributed by atoms with Crippen molar-refractivity contribution in [1.29, 1.82) is 0 Å². The number of aliphatic hydroxyl groups is 2. The average molecular weight is 434 g/mol. The van der Waals surface area contributed by atoms with E-state index in [0.717, 1.165) is 5.56 Å². The lowest BCUT2D eigenvalue weighted by Gasteiger charge is -2.24. The van der Waals surface area contributed by atoms with Crippen molar-refractivity contribution in [1.82, 2.24) is 0 Å². The van der Waals surface area contributed by atoms with Crippen LogP contribution < -0.4 is 28.4 Å². The summed E-state index contributed by atoms with van der Waals surface area (Å²) >= 11 is 0. The molecule has 2 aromatic carbocycles. The van der Waals surface area contributed by atoms with Gasteiger partial charge in [0.15, 0.2) is 23.0 Å². The van der Waals surface area contributed by atoms with E-state index < -0.39 is 12.2 Å². The van der Waals surface area contributed by atoms with Crippen molar-refractivity contribution in [2.24, 2.45) is 0 Å². The van der Waals surface area contributed by atoms with Crippen molar-refractivity contribution in [2.45, 2.75) is 19.1 Å². The van der Waals surface area contributed by atoms with Gasteiger partial charge in [0.1, 0.15) is 12.2 Å². The van der Waals surface area contributed by atoms with Gasteiger partial charge in [-0.05, 0) is 42.3 Å². The van der Waals surface area contributed by atoms with Crippen LogP contribution in [0, 0.1) is 0 Å². The number of hydrogen-bond acceptors (Lipinski definition) is 8. The summed E-state index contributed by atoms with van der Waals surface area (Å²) in [4.78, 5) is 0. The summed E-state index contributed by atoms with van der Waals surface area (Å²) in [5.41, 5.74) is 1.30. The Labute approximate surface area is 182 Å². The molecule has 0 aliphatic carbocycles. The van der Waals surface area contributed by atoms with Gasteiger partial charge >= 0.3 is 0 Å². The maximum atomic E-state index is 11.0. The van der Waals surface area contributed by atoms with Crippen molar-refractivity contribution in [2.75, 3.05) is 42.2 Å². The van der Waals surface area contributed by atoms with E-state index in [9.17, 15) is 5.11 Å². The number of methoxy groups -OCH3 is 5. The molecule has 0 fully saturated rings. The zero-order valence-corrected chi connectivity index (χ0v) is 18.7. The van der Waals surface area contributed by atoms with Crippen LogP contribution in [0.3, 0.4) is 0 Å². The Balaban J connectivity index is 2.38. The highest BCUT2D eigenvalue weighted by molar-refractivity contribution is 5.62. The van der Waals surface area contributed by atoms with E-state index in [1.165, 1.54) is 35.5 Å². The van der Waals surface area contributed by atoms with Crippen LogP contribution in [-0.4, -0.2) is 58.5 Å². The Morgan fingerprint density at radius 1 is 0.774 bits per heavy atom. The molecule has 2 N–H and O–H groups in total. The molecule has 0 heterocycles. The first-order chi connectivity index (χ1) is 14.9. The van der Waals surface area contributed by atoms with Gasteiger partial charge in [-0.2, -0.15) is 0 Å². The second-order valence-electron chi connectivity index (χ2n) is 6.57. The van der Waals surface area contributed by atoms with E-state index in [2.05, 4.69) is 0 Å². The monoisotopic (exact) mass is 434 g/mol. The van der Waals surface area contributed by atoms with Gasteiger partial charge in [-0.3, -0.25) is 0 Å². The Kier molecular flexibility index (Phi) is 8.84. The van der Waals surface area contributed by atoms with E-state index in [1.807, 2.05) is 0 Å². The summed E-state index contributed by atoms with van der Waals surface area (Å²) in [6.45, 7) is 1.65. The zero-order valence-electron chi connectivity index (χ0n) is 18.7. The Morgan fingerprint density at radius 3 is 1.68 bits per heavy atom. The third kappa shape index (κ3) is 5.53. The molecule has 0 aromatic heterocycles. The third-order valence-electron chi connectivity index (χ3n) is 4.68. The molecular weight excluding hydrogens is 404 g/mol. The fourth-order valence-corrected chi connectivity index (χ4v) is 3.09. The van der Waals surface area contributed by atoms with Crippen LogP contribution in [0.4, 0.5) is 0 Å². The van der Waals surface area contributed by atoms with Crippen molar-refractivity contribution in [3.05, 3.63) is 41.5 Å². The standard InChI is InChI=1S/C23H30O8/c1-14(21(25)16-12-19(28-4)22(30-6)20(13-16)29-5)31-23-17(26-2)10-15(8-7-9-24)11-18(23)27-3/h7-8,10-14,21,24-25H,9H2,1-6H3/t14-,21-/m1/s1. The molecule has 2 aromatic rings. The smallest absolute Gasteiger partial charge is 0.203 e. The summed E-state index contributed by atoms with van der Waals surface area (Å²) in [5.74, 6) is 2.51. The van der Waals surface area contributed by atoms with Crippen molar-refractivity contribution in [3.8, 4) is 34.5 Å². The molecule has 0 saturated carbocycles. The van der Waals surface area contributed by atoms with E-state index in [4.69, 9.17) is 33.5 Å². The number of hydrogen-bond donors (Lipinski definition) is 2. The van der Waals surface area contributed by atoms with Gasteiger partial charge in [0, 0.05) is 0 Å². The Morgan fingerprint density at radius 2 is 1.26 bits per heavy atom. The highest BCUT2D eigenvalue weighted by Crippen LogP contribution is 2.43. The lowest BCUT2D eigenvalue weighted by Crippen LogP contribution is -2.22. The SMILES string of the molecule is COc1cc([C@H](O)[C@@H](C)Oc2c(OC)cc(C=CCO)cc2OC)cc(OC)c1OC. The van der Waals surface area contributed by atoms with Gasteiger partial charge < -0.3 is 38.6 Å². The summed E-state index contributed by atoms with van der Waals surface area (Å²) in [6, 6.07) is 6.84. The normalized spacial score (nSPS) is 12.9. The number of aliphatic hydroxyl groups excluding tert-OH is 2. The topological polar surface area (TPSA) is 95.8 Å². The summed E-state index contributed by atoms with van der Waals surface area (Å²) in [6.07, 6.45) is 1.65. The molecular formula is C23H30O8. The van der Waals surface area contributed by atoms with Gasteiger partial charge in [-0.15, -0.1) is 0 Å². The number of ether oxygens (including phenoxy) is 6. The fraction of sp³-hybridized carbons (Fsp3) is 0.391. The van der Waals surface area contributed by atoms with Crippen LogP contribution in [0.5, 0.6) is 34.5 Å². The predicted octanol–water partition coefficient (Wildman–Crippen LogP) is 3.24. The first-order valence-corrected chi connectivity index (χ1v) is 9.62. The van der Waals surface area contributed by atoms with Gasteiger partial charge in [-0.25, -0.2) is 0 Å². The molecule has 2 atom stereocenters. The summed E-state index contributed by atoms with van der Waals surface area (Å²) in [5, 5.41) is 20.0. The van der Waals surface area contributed by atoms with Crippen LogP contribution in [0.25, 0.3) is 6.08 Å². The highest BCUT2D eigenvalue weighted by Gasteiger charge is 2.25. The zero-order chi connectivity index (χ0) is 23.0. The first-order valence-electron chi connectivity index (χ1n) is 9.62. The largest absolute Gasteiger partial charge is 0.493 e. The molecule has 0 aliphatic rings. The van der Waals surface area contributed by atoms with E-state index >= 15 is 0 Å². The number of rotatable bonds is 11. The molecule has 0 spiro atoms. The summed E-state index contributed by atoms with van der Waals surface area (Å²) in [7, 11) is 7.56. The first kappa shape index (κ1) is 24.2. The minimum absolute atomic E-state index is 0.0824. The second kappa shape index (κ2) is 11.3. The lowest BCUT2D eigenvalue weighted by molar-refractivity contribution is 0.0431. The number of benzene rings is 2. The molecule has 31 heavy (non-hydrogen) atoms. The van der Waals surface area contributed by atoms with Crippen LogP contribution in [0.2, 0.25) is 0 Å². The van der Waals surface area contributed by atoms with Crippen molar-refractivity contribution >= 4 is 6.08 Å². The second-order valence-corrected chi connectivity index (χ2v) is 6.57. The molecule has 0 bridgehead atoms. The Hall–Kier alpha value is -3.10. The highest BCUT2D eigenvalue weighted by atomic mass is 16.6. The molecule has 2 rings (SSSR count). The Bertz CT molecular complexity index is 843. The lowest BCUT2D eigenvalue weighted by atomic mass is 10.0. The molecule has 0 saturated heterocycles. The molecule has 170 valence electrons. The molecule has 0 amide bonds. The average Bonchev–Trinajstić information content (AvgIpc) is 2.81. The molecule has 8 nitrogen and oxygen atoms in total. The van der Waals surface area contributed by atoms with Crippen molar-refractivity contribution < 1.29 is 38.6 Å². The molecule has 0 unspecified atom stereocenters. The van der Waals surface area contributed by atoms with Gasteiger partial charge in [0.2, 0.25) is 11.5 Å². The van der Waals surface area contributed by atoms with Crippen LogP contribution in [-0.2, 0) is 0 Å². The third-order valence-corrected chi connectivity index (χ3v) is 4.68. The maximum absolute atomic E-state index is 11.0. The fourth-order valence-electron chi connectivity index (χ4n) is 3.09. The van der Waals surface area contributed by atoms with Crippen LogP contribution >= 0.6 is 0 Å². The maximum Gasteiger partial charge on any atom is 0.203 e. The van der Waals surface area contributed by atoms with Crippen LogP contribution in [0.15, 0.2) is 30.3 Å². The van der Waals surface area contributed by atoms with Gasteiger partial charge in [0.05, 0.1) is 42.2 Å². The van der Waals surface area contributed by atoms with Crippen LogP contribution in [0.1, 0.15) is 24.2 Å². The minimum Gasteiger partial charge on any atom is -0.493 e. The van der Waals surface area contributed by atoms with E-state index in [-0.39, 0.29) is 6.61 Å². The quantitative estimate of drug-likeness (QED) is 0.557. The predicted molar refractivity (Wildman–Crippen MR) is 117 cm³/mol. The summed E-state index contributed by atoms with van der Waals surface area (Å²) < 4.78 is 33.0. The minimum atomic E-state index is -1.02. The van der Waals surface area contributed by atoms with Crippen molar-refractivity contribution in [3.63, 3.8) is 0 Å². The molecule has 0 radical (unpaired) electrons. The van der Waals surface area contributed by atoms with Gasteiger partial charge in [0.25, 0.3) is 0 Å². The van der Waals surface area contributed by atoms with E-state index in [1.54, 1.807) is 43.3 Å². The van der Waals surface area contributed by atoms with Gasteiger partial charge in [-0.1, -0.05) is 12.2 Å². The molecule has 0 aliphatic heterocycles. The molecule has 8 heteroatoms.